The van der Waals surface area contributed by atoms with Crippen LogP contribution in [0.2, 0.25) is 0 Å². The summed E-state index contributed by atoms with van der Waals surface area (Å²) in [6.45, 7) is 3.91. The van der Waals surface area contributed by atoms with Crippen LogP contribution >= 0.6 is 7.82 Å². The Hall–Kier alpha value is -2.32. The second kappa shape index (κ2) is 35.5. The topological polar surface area (TPSA) is 131 Å². The first kappa shape index (κ1) is 46.7. The van der Waals surface area contributed by atoms with Gasteiger partial charge >= 0.3 is 7.82 Å². The number of aliphatic hydroxyl groups is 1. The normalized spacial score (nSPS) is 15.3. The summed E-state index contributed by atoms with van der Waals surface area (Å²) < 4.78 is 22.0. The lowest BCUT2D eigenvalue weighted by atomic mass is 10.1. The van der Waals surface area contributed by atoms with Gasteiger partial charge in [0, 0.05) is 13.0 Å². The van der Waals surface area contributed by atoms with Crippen molar-refractivity contribution in [1.82, 2.24) is 5.32 Å². The molecule has 0 saturated heterocycles. The van der Waals surface area contributed by atoms with Crippen LogP contribution < -0.4 is 11.1 Å². The standard InChI is InChI=1S/C40H69N2O6P/c1-3-5-7-9-11-13-15-16-17-18-19-20-21-22-24-26-28-30-32-34-40(44)42-38(37-48-49(45,46)47-36-35-41)39(43)33-31-29-27-25-23-14-12-10-8-6-4-2/h5,7,11,13,16-17,19-20,22,24,28,30-31,33,38-39,43H,3-4,6,8-10,12,14-15,18,21,23,25-27,29,32,34-37,41H2,1-2H3,(H,42,44)(H,45,46)/b7-5-,13-11-,17-16-,20-19-,24-22-,30-28-,33-31+. The van der Waals surface area contributed by atoms with E-state index in [-0.39, 0.29) is 32.1 Å². The van der Waals surface area contributed by atoms with Crippen molar-refractivity contribution in [3.63, 3.8) is 0 Å². The first-order chi connectivity index (χ1) is 23.9. The zero-order valence-corrected chi connectivity index (χ0v) is 31.5. The van der Waals surface area contributed by atoms with Crippen LogP contribution in [0, 0.1) is 0 Å². The largest absolute Gasteiger partial charge is 0.472 e. The molecule has 0 spiro atoms. The summed E-state index contributed by atoms with van der Waals surface area (Å²) in [6, 6.07) is -0.904. The zero-order valence-electron chi connectivity index (χ0n) is 30.6. The van der Waals surface area contributed by atoms with Gasteiger partial charge in [0.05, 0.1) is 25.4 Å². The van der Waals surface area contributed by atoms with Gasteiger partial charge in [-0.05, 0) is 57.8 Å². The van der Waals surface area contributed by atoms with Crippen LogP contribution in [0.25, 0.3) is 0 Å². The molecule has 0 aromatic rings. The first-order valence-electron chi connectivity index (χ1n) is 18.7. The smallest absolute Gasteiger partial charge is 0.387 e. The van der Waals surface area contributed by atoms with Gasteiger partial charge < -0.3 is 21.1 Å². The number of amides is 1. The Morgan fingerprint density at radius 3 is 1.69 bits per heavy atom. The van der Waals surface area contributed by atoms with Crippen molar-refractivity contribution in [2.45, 2.75) is 142 Å². The van der Waals surface area contributed by atoms with Gasteiger partial charge in [-0.15, -0.1) is 0 Å². The van der Waals surface area contributed by atoms with Crippen molar-refractivity contribution in [3.05, 3.63) is 85.1 Å². The molecular formula is C40H69N2O6P. The number of nitrogens with two attached hydrogens (primary N) is 1. The maximum Gasteiger partial charge on any atom is 0.472 e. The molecule has 0 aromatic carbocycles. The Morgan fingerprint density at radius 2 is 1.18 bits per heavy atom. The molecule has 0 rings (SSSR count). The molecule has 0 radical (unpaired) electrons. The van der Waals surface area contributed by atoms with E-state index >= 15 is 0 Å². The minimum atomic E-state index is -4.36. The fourth-order valence-corrected chi connectivity index (χ4v) is 5.44. The highest BCUT2D eigenvalue weighted by Gasteiger charge is 2.26. The highest BCUT2D eigenvalue weighted by molar-refractivity contribution is 7.47. The van der Waals surface area contributed by atoms with Crippen molar-refractivity contribution >= 4 is 13.7 Å². The molecule has 3 atom stereocenters. The van der Waals surface area contributed by atoms with Crippen LogP contribution in [0.4, 0.5) is 0 Å². The monoisotopic (exact) mass is 704 g/mol. The number of carbonyl (C=O) groups is 1. The molecule has 49 heavy (non-hydrogen) atoms. The van der Waals surface area contributed by atoms with Gasteiger partial charge in [-0.25, -0.2) is 4.57 Å². The molecule has 0 aromatic heterocycles. The third-order valence-electron chi connectivity index (χ3n) is 7.49. The van der Waals surface area contributed by atoms with Gasteiger partial charge in [-0.2, -0.15) is 0 Å². The molecule has 0 aliphatic rings. The molecule has 0 heterocycles. The van der Waals surface area contributed by atoms with Gasteiger partial charge in [0.1, 0.15) is 0 Å². The fourth-order valence-electron chi connectivity index (χ4n) is 4.68. The van der Waals surface area contributed by atoms with Gasteiger partial charge in [-0.3, -0.25) is 13.8 Å². The van der Waals surface area contributed by atoms with E-state index in [9.17, 15) is 19.4 Å². The third kappa shape index (κ3) is 33.9. The van der Waals surface area contributed by atoms with Crippen LogP contribution in [0.5, 0.6) is 0 Å². The Bertz CT molecular complexity index is 1030. The third-order valence-corrected chi connectivity index (χ3v) is 8.47. The minimum Gasteiger partial charge on any atom is -0.387 e. The lowest BCUT2D eigenvalue weighted by molar-refractivity contribution is -0.122. The number of hydrogen-bond donors (Lipinski definition) is 4. The van der Waals surface area contributed by atoms with Gasteiger partial charge in [0.15, 0.2) is 0 Å². The van der Waals surface area contributed by atoms with Crippen LogP contribution in [-0.2, 0) is 18.4 Å². The van der Waals surface area contributed by atoms with E-state index in [0.717, 1.165) is 57.8 Å². The molecule has 0 fully saturated rings. The van der Waals surface area contributed by atoms with Gasteiger partial charge in [-0.1, -0.05) is 150 Å². The minimum absolute atomic E-state index is 0.0624. The highest BCUT2D eigenvalue weighted by Crippen LogP contribution is 2.43. The van der Waals surface area contributed by atoms with Crippen molar-refractivity contribution in [2.75, 3.05) is 19.8 Å². The number of phosphoric acid groups is 1. The number of carbonyl (C=O) groups excluding carboxylic acids is 1. The average molecular weight is 705 g/mol. The van der Waals surface area contributed by atoms with Crippen molar-refractivity contribution in [2.24, 2.45) is 5.73 Å². The number of allylic oxidation sites excluding steroid dienone is 13. The van der Waals surface area contributed by atoms with E-state index in [1.807, 2.05) is 18.2 Å². The van der Waals surface area contributed by atoms with Gasteiger partial charge in [0.2, 0.25) is 5.91 Å². The quantitative estimate of drug-likeness (QED) is 0.0304. The number of hydrogen-bond acceptors (Lipinski definition) is 6. The Morgan fingerprint density at radius 1 is 0.694 bits per heavy atom. The summed E-state index contributed by atoms with van der Waals surface area (Å²) in [5.74, 6) is -0.282. The van der Waals surface area contributed by atoms with Crippen molar-refractivity contribution < 1.29 is 28.4 Å². The number of nitrogens with one attached hydrogen (secondary N) is 1. The molecule has 0 aliphatic carbocycles. The Kier molecular flexibility index (Phi) is 33.8. The maximum absolute atomic E-state index is 12.6. The van der Waals surface area contributed by atoms with Crippen molar-refractivity contribution in [3.8, 4) is 0 Å². The molecule has 280 valence electrons. The van der Waals surface area contributed by atoms with Crippen LogP contribution in [0.1, 0.15) is 129 Å². The lowest BCUT2D eigenvalue weighted by Crippen LogP contribution is -2.45. The predicted molar refractivity (Wildman–Crippen MR) is 207 cm³/mol. The number of aliphatic hydroxyl groups excluding tert-OH is 1. The second-order valence-corrected chi connectivity index (χ2v) is 13.5. The SMILES string of the molecule is CC/C=C\C/C=C\C/C=C\C/C=C\C/C=C\C/C=C\CCC(=O)NC(COP(=O)(O)OCCN)C(O)/C=C/CCCCCCCCCCC. The number of unbranched alkanes of at least 4 members (excludes halogenated alkanes) is 9. The Labute approximate surface area is 299 Å². The van der Waals surface area contributed by atoms with E-state index in [2.05, 4.69) is 79.9 Å². The van der Waals surface area contributed by atoms with Gasteiger partial charge in [0.25, 0.3) is 0 Å². The fraction of sp³-hybridized carbons (Fsp3) is 0.625. The molecular weight excluding hydrogens is 635 g/mol. The van der Waals surface area contributed by atoms with Crippen molar-refractivity contribution in [1.29, 1.82) is 0 Å². The van der Waals surface area contributed by atoms with E-state index in [1.165, 1.54) is 44.9 Å². The summed E-state index contributed by atoms with van der Waals surface area (Å²) in [6.07, 6.45) is 46.4. The van der Waals surface area contributed by atoms with E-state index in [1.54, 1.807) is 6.08 Å². The molecule has 1 amide bonds. The predicted octanol–water partition coefficient (Wildman–Crippen LogP) is 9.88. The molecule has 0 aliphatic heterocycles. The Balaban J connectivity index is 4.47. The summed E-state index contributed by atoms with van der Waals surface area (Å²) >= 11 is 0. The molecule has 5 N–H and O–H groups in total. The molecule has 0 saturated carbocycles. The van der Waals surface area contributed by atoms with Crippen LogP contribution in [0.15, 0.2) is 85.1 Å². The highest BCUT2D eigenvalue weighted by atomic mass is 31.2. The molecule has 8 nitrogen and oxygen atoms in total. The summed E-state index contributed by atoms with van der Waals surface area (Å²) in [4.78, 5) is 22.5. The summed E-state index contributed by atoms with van der Waals surface area (Å²) in [7, 11) is -4.36. The average Bonchev–Trinajstić information content (AvgIpc) is 3.09. The zero-order chi connectivity index (χ0) is 36.1. The summed E-state index contributed by atoms with van der Waals surface area (Å²) in [5.41, 5.74) is 5.34. The summed E-state index contributed by atoms with van der Waals surface area (Å²) in [5, 5.41) is 13.5. The lowest BCUT2D eigenvalue weighted by Gasteiger charge is -2.23. The van der Waals surface area contributed by atoms with E-state index in [0.29, 0.717) is 6.42 Å². The number of rotatable bonds is 33. The molecule has 3 unspecified atom stereocenters. The maximum atomic E-state index is 12.6. The first-order valence-corrected chi connectivity index (χ1v) is 20.2. The van der Waals surface area contributed by atoms with E-state index in [4.69, 9.17) is 14.8 Å². The molecule has 0 bridgehead atoms. The second-order valence-electron chi connectivity index (χ2n) is 12.0. The number of phosphoric ester groups is 1. The van der Waals surface area contributed by atoms with Crippen LogP contribution in [-0.4, -0.2) is 47.8 Å². The van der Waals surface area contributed by atoms with E-state index < -0.39 is 20.0 Å². The van der Waals surface area contributed by atoms with Crippen LogP contribution in [0.3, 0.4) is 0 Å². The molecule has 9 heteroatoms.